The lowest BCUT2D eigenvalue weighted by Crippen LogP contribution is -2.19. The van der Waals surface area contributed by atoms with Gasteiger partial charge in [-0.1, -0.05) is 19.1 Å². The summed E-state index contributed by atoms with van der Waals surface area (Å²) in [6.07, 6.45) is 2.85. The summed E-state index contributed by atoms with van der Waals surface area (Å²) in [5.41, 5.74) is 2.16. The molecular formula is C17H23FN2O. The molecule has 0 spiro atoms. The van der Waals surface area contributed by atoms with Crippen molar-refractivity contribution < 1.29 is 8.81 Å². The van der Waals surface area contributed by atoms with Crippen molar-refractivity contribution in [2.24, 2.45) is 0 Å². The van der Waals surface area contributed by atoms with Gasteiger partial charge >= 0.3 is 0 Å². The molecule has 0 aliphatic carbocycles. The maximum Gasteiger partial charge on any atom is 0.123 e. The highest BCUT2D eigenvalue weighted by Gasteiger charge is 2.09. The summed E-state index contributed by atoms with van der Waals surface area (Å²) in [6.45, 7) is 5.39. The fourth-order valence-electron chi connectivity index (χ4n) is 2.31. The van der Waals surface area contributed by atoms with Crippen molar-refractivity contribution in [2.45, 2.75) is 33.0 Å². The Labute approximate surface area is 125 Å². The lowest BCUT2D eigenvalue weighted by Gasteiger charge is -2.16. The Morgan fingerprint density at radius 1 is 1.24 bits per heavy atom. The molecule has 0 saturated carbocycles. The third-order valence-corrected chi connectivity index (χ3v) is 3.33. The second-order valence-corrected chi connectivity index (χ2v) is 5.35. The van der Waals surface area contributed by atoms with Crippen LogP contribution >= 0.6 is 0 Å². The summed E-state index contributed by atoms with van der Waals surface area (Å²) in [6, 6.07) is 8.72. The van der Waals surface area contributed by atoms with E-state index in [4.69, 9.17) is 4.42 Å². The standard InChI is InChI=1S/C17H23FN2O/c1-3-8-19-11-15-7-9-21-17(15)13-20(2)12-14-5-4-6-16(18)10-14/h4-7,9-10,19H,3,8,11-13H2,1-2H3. The zero-order valence-electron chi connectivity index (χ0n) is 12.7. The number of hydrogen-bond acceptors (Lipinski definition) is 3. The fourth-order valence-corrected chi connectivity index (χ4v) is 2.31. The first-order chi connectivity index (χ1) is 10.2. The number of halogens is 1. The van der Waals surface area contributed by atoms with Crippen LogP contribution in [0.5, 0.6) is 0 Å². The number of nitrogens with zero attached hydrogens (tertiary/aromatic N) is 1. The van der Waals surface area contributed by atoms with E-state index in [1.54, 1.807) is 18.4 Å². The third kappa shape index (κ3) is 4.99. The summed E-state index contributed by atoms with van der Waals surface area (Å²) in [7, 11) is 2.01. The molecule has 0 amide bonds. The van der Waals surface area contributed by atoms with Gasteiger partial charge in [-0.05, 0) is 43.8 Å². The lowest BCUT2D eigenvalue weighted by atomic mass is 10.2. The number of rotatable bonds is 8. The van der Waals surface area contributed by atoms with E-state index in [1.165, 1.54) is 11.6 Å². The van der Waals surface area contributed by atoms with Crippen LogP contribution in [0.2, 0.25) is 0 Å². The van der Waals surface area contributed by atoms with Gasteiger partial charge in [0.15, 0.2) is 0 Å². The van der Waals surface area contributed by atoms with Crippen molar-refractivity contribution in [1.82, 2.24) is 10.2 Å². The topological polar surface area (TPSA) is 28.4 Å². The molecular weight excluding hydrogens is 267 g/mol. The van der Waals surface area contributed by atoms with Crippen LogP contribution in [-0.2, 0) is 19.6 Å². The van der Waals surface area contributed by atoms with Gasteiger partial charge < -0.3 is 9.73 Å². The third-order valence-electron chi connectivity index (χ3n) is 3.33. The quantitative estimate of drug-likeness (QED) is 0.754. The van der Waals surface area contributed by atoms with Crippen molar-refractivity contribution in [3.05, 3.63) is 59.3 Å². The Morgan fingerprint density at radius 2 is 2.10 bits per heavy atom. The Hall–Kier alpha value is -1.65. The zero-order chi connectivity index (χ0) is 15.1. The highest BCUT2D eigenvalue weighted by Crippen LogP contribution is 2.14. The summed E-state index contributed by atoms with van der Waals surface area (Å²) in [4.78, 5) is 2.12. The predicted octanol–water partition coefficient (Wildman–Crippen LogP) is 3.55. The zero-order valence-corrected chi connectivity index (χ0v) is 12.7. The van der Waals surface area contributed by atoms with Gasteiger partial charge in [0, 0.05) is 18.7 Å². The van der Waals surface area contributed by atoms with Crippen LogP contribution in [0, 0.1) is 5.82 Å². The van der Waals surface area contributed by atoms with Crippen molar-refractivity contribution >= 4 is 0 Å². The molecule has 0 aliphatic heterocycles. The molecule has 0 unspecified atom stereocenters. The van der Waals surface area contributed by atoms with Crippen molar-refractivity contribution in [2.75, 3.05) is 13.6 Å². The van der Waals surface area contributed by atoms with E-state index in [1.807, 2.05) is 19.2 Å². The van der Waals surface area contributed by atoms with Crippen LogP contribution < -0.4 is 5.32 Å². The predicted molar refractivity (Wildman–Crippen MR) is 82.3 cm³/mol. The molecule has 0 atom stereocenters. The van der Waals surface area contributed by atoms with Crippen LogP contribution in [0.15, 0.2) is 41.0 Å². The normalized spacial score (nSPS) is 11.2. The summed E-state index contributed by atoms with van der Waals surface area (Å²) >= 11 is 0. The lowest BCUT2D eigenvalue weighted by molar-refractivity contribution is 0.285. The Kier molecular flexibility index (Phi) is 5.96. The molecule has 0 radical (unpaired) electrons. The average Bonchev–Trinajstić information content (AvgIpc) is 2.86. The Balaban J connectivity index is 1.90. The molecule has 1 aromatic carbocycles. The van der Waals surface area contributed by atoms with E-state index < -0.39 is 0 Å². The fraction of sp³-hybridized carbons (Fsp3) is 0.412. The molecule has 1 aromatic heterocycles. The van der Waals surface area contributed by atoms with Crippen molar-refractivity contribution in [3.8, 4) is 0 Å². The first kappa shape index (κ1) is 15.7. The molecule has 1 heterocycles. The van der Waals surface area contributed by atoms with Crippen molar-refractivity contribution in [3.63, 3.8) is 0 Å². The average molecular weight is 290 g/mol. The molecule has 0 saturated heterocycles. The van der Waals surface area contributed by atoms with Gasteiger partial charge in [-0.2, -0.15) is 0 Å². The highest BCUT2D eigenvalue weighted by molar-refractivity contribution is 5.18. The van der Waals surface area contributed by atoms with Crippen LogP contribution in [0.4, 0.5) is 4.39 Å². The van der Waals surface area contributed by atoms with Gasteiger partial charge in [0.05, 0.1) is 12.8 Å². The largest absolute Gasteiger partial charge is 0.468 e. The SMILES string of the molecule is CCCNCc1ccoc1CN(C)Cc1cccc(F)c1. The molecule has 114 valence electrons. The van der Waals surface area contributed by atoms with Gasteiger partial charge in [0.2, 0.25) is 0 Å². The van der Waals surface area contributed by atoms with Crippen LogP contribution in [0.25, 0.3) is 0 Å². The van der Waals surface area contributed by atoms with Gasteiger partial charge in [0.1, 0.15) is 11.6 Å². The molecule has 3 nitrogen and oxygen atoms in total. The van der Waals surface area contributed by atoms with Crippen LogP contribution in [0.3, 0.4) is 0 Å². The van der Waals surface area contributed by atoms with Crippen molar-refractivity contribution in [1.29, 1.82) is 0 Å². The summed E-state index contributed by atoms with van der Waals surface area (Å²) < 4.78 is 18.8. The molecule has 0 bridgehead atoms. The van der Waals surface area contributed by atoms with E-state index >= 15 is 0 Å². The van der Waals surface area contributed by atoms with E-state index in [2.05, 4.69) is 17.1 Å². The van der Waals surface area contributed by atoms with E-state index in [0.717, 1.165) is 30.8 Å². The molecule has 2 rings (SSSR count). The molecule has 2 aromatic rings. The molecule has 21 heavy (non-hydrogen) atoms. The minimum absolute atomic E-state index is 0.191. The van der Waals surface area contributed by atoms with Gasteiger partial charge in [-0.15, -0.1) is 0 Å². The summed E-state index contributed by atoms with van der Waals surface area (Å²) in [5, 5.41) is 3.38. The molecule has 4 heteroatoms. The van der Waals surface area contributed by atoms with Gasteiger partial charge in [0.25, 0.3) is 0 Å². The first-order valence-electron chi connectivity index (χ1n) is 7.38. The highest BCUT2D eigenvalue weighted by atomic mass is 19.1. The molecule has 1 N–H and O–H groups in total. The summed E-state index contributed by atoms with van der Waals surface area (Å²) in [5.74, 6) is 0.779. The van der Waals surface area contributed by atoms with Gasteiger partial charge in [-0.25, -0.2) is 4.39 Å². The second kappa shape index (κ2) is 7.96. The van der Waals surface area contributed by atoms with E-state index in [-0.39, 0.29) is 5.82 Å². The molecule has 0 aliphatic rings. The maximum atomic E-state index is 13.2. The van der Waals surface area contributed by atoms with Gasteiger partial charge in [-0.3, -0.25) is 4.90 Å². The minimum Gasteiger partial charge on any atom is -0.468 e. The van der Waals surface area contributed by atoms with E-state index in [9.17, 15) is 4.39 Å². The van der Waals surface area contributed by atoms with Crippen LogP contribution in [-0.4, -0.2) is 18.5 Å². The number of hydrogen-bond donors (Lipinski definition) is 1. The Bertz CT molecular complexity index is 553. The number of nitrogens with one attached hydrogen (secondary N) is 1. The molecule has 0 fully saturated rings. The monoisotopic (exact) mass is 290 g/mol. The Morgan fingerprint density at radius 3 is 2.86 bits per heavy atom. The second-order valence-electron chi connectivity index (χ2n) is 5.35. The number of furan rings is 1. The van der Waals surface area contributed by atoms with E-state index in [0.29, 0.717) is 13.1 Å². The number of benzene rings is 1. The minimum atomic E-state index is -0.191. The first-order valence-corrected chi connectivity index (χ1v) is 7.38. The van der Waals surface area contributed by atoms with Crippen LogP contribution in [0.1, 0.15) is 30.2 Å². The maximum absolute atomic E-state index is 13.2. The smallest absolute Gasteiger partial charge is 0.123 e.